The minimum absolute atomic E-state index is 0.291. The number of methoxy groups -OCH3 is 2. The summed E-state index contributed by atoms with van der Waals surface area (Å²) in [7, 11) is 2.99. The summed E-state index contributed by atoms with van der Waals surface area (Å²) in [6.45, 7) is 0.729. The van der Waals surface area contributed by atoms with Crippen LogP contribution >= 0.6 is 0 Å². The molecule has 0 saturated heterocycles. The molecule has 2 aromatic rings. The lowest BCUT2D eigenvalue weighted by Gasteiger charge is -2.23. The Balaban J connectivity index is 1.57. The Labute approximate surface area is 158 Å². The normalized spacial score (nSPS) is 18.5. The van der Waals surface area contributed by atoms with Gasteiger partial charge in [0.2, 0.25) is 5.60 Å². The Kier molecular flexibility index (Phi) is 6.08. The van der Waals surface area contributed by atoms with Crippen LogP contribution in [0.4, 0.5) is 0 Å². The highest BCUT2D eigenvalue weighted by atomic mass is 16.7. The van der Waals surface area contributed by atoms with Crippen LogP contribution in [0.1, 0.15) is 17.5 Å². The molecule has 1 atom stereocenters. The monoisotopic (exact) mass is 369 g/mol. The Hall–Kier alpha value is -2.86. The van der Waals surface area contributed by atoms with Crippen LogP contribution in [-0.4, -0.2) is 38.1 Å². The Morgan fingerprint density at radius 3 is 2.44 bits per heavy atom. The van der Waals surface area contributed by atoms with Gasteiger partial charge in [-0.15, -0.1) is 0 Å². The molecule has 0 aromatic heterocycles. The molecule has 0 bridgehead atoms. The van der Waals surface area contributed by atoms with E-state index in [0.717, 1.165) is 16.9 Å². The highest BCUT2D eigenvalue weighted by Crippen LogP contribution is 2.30. The maximum absolute atomic E-state index is 12.4. The van der Waals surface area contributed by atoms with E-state index in [1.165, 1.54) is 7.11 Å². The molecule has 0 spiro atoms. The summed E-state index contributed by atoms with van der Waals surface area (Å²) in [6, 6.07) is 17.3. The van der Waals surface area contributed by atoms with Crippen molar-refractivity contribution < 1.29 is 23.8 Å². The average Bonchev–Trinajstić information content (AvgIpc) is 3.12. The van der Waals surface area contributed by atoms with Crippen LogP contribution in [0.15, 0.2) is 59.8 Å². The topological polar surface area (TPSA) is 66.4 Å². The van der Waals surface area contributed by atoms with E-state index < -0.39 is 11.6 Å². The van der Waals surface area contributed by atoms with Gasteiger partial charge in [-0.1, -0.05) is 47.6 Å². The van der Waals surface area contributed by atoms with Crippen molar-refractivity contribution in [2.75, 3.05) is 20.8 Å². The zero-order valence-corrected chi connectivity index (χ0v) is 15.5. The predicted octanol–water partition coefficient (Wildman–Crippen LogP) is 3.14. The van der Waals surface area contributed by atoms with Gasteiger partial charge in [0.1, 0.15) is 5.75 Å². The lowest BCUT2D eigenvalue weighted by molar-refractivity contribution is -0.166. The quantitative estimate of drug-likeness (QED) is 0.669. The van der Waals surface area contributed by atoms with E-state index in [2.05, 4.69) is 5.16 Å². The number of esters is 1. The molecule has 2 aromatic carbocycles. The van der Waals surface area contributed by atoms with Crippen molar-refractivity contribution in [1.82, 2.24) is 0 Å². The molecule has 6 nitrogen and oxygen atoms in total. The van der Waals surface area contributed by atoms with Gasteiger partial charge in [0.15, 0.2) is 0 Å². The molecule has 0 amide bonds. The Morgan fingerprint density at radius 1 is 1.04 bits per heavy atom. The number of hydrogen-bond acceptors (Lipinski definition) is 6. The van der Waals surface area contributed by atoms with Crippen molar-refractivity contribution in [2.45, 2.75) is 25.0 Å². The number of ether oxygens (including phenoxy) is 3. The number of carbonyl (C=O) groups is 1. The van der Waals surface area contributed by atoms with Gasteiger partial charge in [-0.3, -0.25) is 0 Å². The molecule has 1 aliphatic heterocycles. The van der Waals surface area contributed by atoms with Crippen LogP contribution < -0.4 is 4.74 Å². The third-order valence-electron chi connectivity index (χ3n) is 4.43. The van der Waals surface area contributed by atoms with Gasteiger partial charge in [0.05, 0.1) is 33.1 Å². The second-order valence-corrected chi connectivity index (χ2v) is 6.41. The van der Waals surface area contributed by atoms with Gasteiger partial charge in [-0.05, 0) is 23.3 Å². The highest BCUT2D eigenvalue weighted by molar-refractivity contribution is 5.94. The smallest absolute Gasteiger partial charge is 0.353 e. The van der Waals surface area contributed by atoms with E-state index in [4.69, 9.17) is 19.0 Å². The Morgan fingerprint density at radius 2 is 1.78 bits per heavy atom. The number of rotatable bonds is 8. The van der Waals surface area contributed by atoms with Crippen LogP contribution in [0.5, 0.6) is 5.75 Å². The van der Waals surface area contributed by atoms with Crippen LogP contribution in [0.25, 0.3) is 0 Å². The SMILES string of the molecule is COC(=O)C1(Cc2ccccc2)CC(COCc2ccc(OC)cc2)=NO1. The number of hydrogen-bond donors (Lipinski definition) is 0. The second kappa shape index (κ2) is 8.68. The van der Waals surface area contributed by atoms with Crippen molar-refractivity contribution in [3.63, 3.8) is 0 Å². The fourth-order valence-corrected chi connectivity index (χ4v) is 3.02. The summed E-state index contributed by atoms with van der Waals surface area (Å²) >= 11 is 0. The van der Waals surface area contributed by atoms with Gasteiger partial charge in [0, 0.05) is 12.8 Å². The fraction of sp³-hybridized carbons (Fsp3) is 0.333. The van der Waals surface area contributed by atoms with E-state index in [1.807, 2.05) is 54.6 Å². The molecule has 27 heavy (non-hydrogen) atoms. The first-order valence-corrected chi connectivity index (χ1v) is 8.72. The van der Waals surface area contributed by atoms with Crippen LogP contribution in [-0.2, 0) is 32.1 Å². The molecule has 0 radical (unpaired) electrons. The standard InChI is InChI=1S/C21H23NO5/c1-24-19-10-8-17(9-11-19)14-26-15-18-13-21(27-22-18,20(23)25-2)12-16-6-4-3-5-7-16/h3-11H,12-15H2,1-2H3. The van der Waals surface area contributed by atoms with Crippen molar-refractivity contribution in [3.8, 4) is 5.75 Å². The van der Waals surface area contributed by atoms with Gasteiger partial charge >= 0.3 is 5.97 Å². The molecule has 0 N–H and O–H groups in total. The molecule has 142 valence electrons. The van der Waals surface area contributed by atoms with E-state index in [9.17, 15) is 4.79 Å². The molecular weight excluding hydrogens is 346 g/mol. The molecule has 3 rings (SSSR count). The zero-order chi connectivity index (χ0) is 19.1. The largest absolute Gasteiger partial charge is 0.497 e. The van der Waals surface area contributed by atoms with Crippen molar-refractivity contribution in [1.29, 1.82) is 0 Å². The summed E-state index contributed by atoms with van der Waals surface area (Å²) in [5, 5.41) is 4.08. The molecule has 0 fully saturated rings. The maximum atomic E-state index is 12.4. The molecule has 0 saturated carbocycles. The molecule has 1 heterocycles. The van der Waals surface area contributed by atoms with Crippen molar-refractivity contribution in [3.05, 3.63) is 65.7 Å². The van der Waals surface area contributed by atoms with E-state index in [0.29, 0.717) is 31.8 Å². The van der Waals surface area contributed by atoms with Gasteiger partial charge in [-0.2, -0.15) is 0 Å². The van der Waals surface area contributed by atoms with Gasteiger partial charge < -0.3 is 19.0 Å². The first kappa shape index (κ1) is 18.9. The zero-order valence-electron chi connectivity index (χ0n) is 15.5. The lowest BCUT2D eigenvalue weighted by Crippen LogP contribution is -2.42. The number of benzene rings is 2. The summed E-state index contributed by atoms with van der Waals surface area (Å²) in [6.07, 6.45) is 0.739. The van der Waals surface area contributed by atoms with Crippen LogP contribution in [0.3, 0.4) is 0 Å². The first-order valence-electron chi connectivity index (χ1n) is 8.72. The third kappa shape index (κ3) is 4.65. The average molecular weight is 369 g/mol. The summed E-state index contributed by atoms with van der Waals surface area (Å²) in [5.41, 5.74) is 1.57. The predicted molar refractivity (Wildman–Crippen MR) is 101 cm³/mol. The minimum atomic E-state index is -1.13. The fourth-order valence-electron chi connectivity index (χ4n) is 3.02. The third-order valence-corrected chi connectivity index (χ3v) is 4.43. The molecule has 0 aliphatic carbocycles. The first-order chi connectivity index (χ1) is 13.1. The number of nitrogens with zero attached hydrogens (tertiary/aromatic N) is 1. The number of oxime groups is 1. The van der Waals surface area contributed by atoms with Gasteiger partial charge in [-0.25, -0.2) is 4.79 Å². The number of carbonyl (C=O) groups excluding carboxylic acids is 1. The van der Waals surface area contributed by atoms with Crippen molar-refractivity contribution >= 4 is 11.7 Å². The highest BCUT2D eigenvalue weighted by Gasteiger charge is 2.47. The van der Waals surface area contributed by atoms with Crippen LogP contribution in [0.2, 0.25) is 0 Å². The second-order valence-electron chi connectivity index (χ2n) is 6.41. The minimum Gasteiger partial charge on any atom is -0.497 e. The molecule has 6 heteroatoms. The Bertz CT molecular complexity index is 788. The molecular formula is C21H23NO5. The summed E-state index contributed by atoms with van der Waals surface area (Å²) in [5.74, 6) is 0.372. The summed E-state index contributed by atoms with van der Waals surface area (Å²) < 4.78 is 15.8. The molecule has 1 unspecified atom stereocenters. The van der Waals surface area contributed by atoms with Crippen molar-refractivity contribution in [2.24, 2.45) is 5.16 Å². The lowest BCUT2D eigenvalue weighted by atomic mass is 9.90. The van der Waals surface area contributed by atoms with E-state index >= 15 is 0 Å². The van der Waals surface area contributed by atoms with E-state index in [-0.39, 0.29) is 0 Å². The van der Waals surface area contributed by atoms with Gasteiger partial charge in [0.25, 0.3) is 0 Å². The van der Waals surface area contributed by atoms with E-state index in [1.54, 1.807) is 7.11 Å². The van der Waals surface area contributed by atoms with Crippen LogP contribution in [0, 0.1) is 0 Å². The summed E-state index contributed by atoms with van der Waals surface area (Å²) in [4.78, 5) is 17.9. The molecule has 1 aliphatic rings. The maximum Gasteiger partial charge on any atom is 0.353 e.